The number of phosphoric ester groups is 1. The highest BCUT2D eigenvalue weighted by Gasteiger charge is 2.74. The van der Waals surface area contributed by atoms with Crippen LogP contribution in [0.3, 0.4) is 0 Å². The van der Waals surface area contributed by atoms with E-state index in [9.17, 15) is 32.0 Å². The predicted molar refractivity (Wildman–Crippen MR) is 98.1 cm³/mol. The van der Waals surface area contributed by atoms with Gasteiger partial charge in [0.15, 0.2) is 12.3 Å². The number of hydrogen-bond donors (Lipinski definition) is 2. The molecular formula is C17H16F4N3O7P. The fourth-order valence-electron chi connectivity index (χ4n) is 3.25. The van der Waals surface area contributed by atoms with E-state index in [1.807, 2.05) is 0 Å². The number of hydrogen-bond acceptors (Lipinski definition) is 9. The van der Waals surface area contributed by atoms with Gasteiger partial charge in [-0.15, -0.1) is 0 Å². The van der Waals surface area contributed by atoms with Crippen LogP contribution in [0, 0.1) is 0 Å². The minimum Gasteiger partial charge on any atom is -0.404 e. The van der Waals surface area contributed by atoms with Crippen molar-refractivity contribution < 1.29 is 45.5 Å². The Bertz CT molecular complexity index is 1130. The number of benzene rings is 1. The van der Waals surface area contributed by atoms with Crippen LogP contribution in [0.15, 0.2) is 41.3 Å². The van der Waals surface area contributed by atoms with Gasteiger partial charge in [0.05, 0.1) is 6.61 Å². The second-order valence-corrected chi connectivity index (χ2v) is 8.60. The number of nitrogen functional groups attached to an aromatic ring is 1. The second-order valence-electron chi connectivity index (χ2n) is 7.00. The lowest BCUT2D eigenvalue weighted by Gasteiger charge is -2.34. The van der Waals surface area contributed by atoms with Crippen LogP contribution >= 0.6 is 7.82 Å². The molecule has 4 rings (SSSR count). The molecule has 0 amide bonds. The summed E-state index contributed by atoms with van der Waals surface area (Å²) in [6, 6.07) is 7.16. The molecule has 0 saturated carbocycles. The van der Waals surface area contributed by atoms with Gasteiger partial charge in [-0.25, -0.2) is 18.1 Å². The minimum absolute atomic E-state index is 0.0599. The zero-order chi connectivity index (χ0) is 23.3. The Morgan fingerprint density at radius 2 is 2.06 bits per heavy atom. The molecule has 1 fully saturated rings. The summed E-state index contributed by atoms with van der Waals surface area (Å²) in [5.74, 6) is -4.86. The van der Waals surface area contributed by atoms with Crippen molar-refractivity contribution in [2.75, 3.05) is 12.3 Å². The zero-order valence-electron chi connectivity index (χ0n) is 15.9. The van der Waals surface area contributed by atoms with Crippen molar-refractivity contribution in [2.24, 2.45) is 0 Å². The Balaban J connectivity index is 1.63. The third-order valence-corrected chi connectivity index (χ3v) is 6.32. The van der Waals surface area contributed by atoms with Crippen LogP contribution < -0.4 is 15.9 Å². The van der Waals surface area contributed by atoms with E-state index in [4.69, 9.17) is 24.0 Å². The van der Waals surface area contributed by atoms with Gasteiger partial charge in [0.2, 0.25) is 5.60 Å². The van der Waals surface area contributed by atoms with Crippen molar-refractivity contribution in [3.05, 3.63) is 52.6 Å². The van der Waals surface area contributed by atoms with E-state index in [-0.39, 0.29) is 18.2 Å². The Morgan fingerprint density at radius 1 is 1.34 bits per heavy atom. The number of para-hydroxylation sites is 1. The Kier molecular flexibility index (Phi) is 5.54. The van der Waals surface area contributed by atoms with Crippen molar-refractivity contribution in [1.82, 2.24) is 9.55 Å². The van der Waals surface area contributed by atoms with Crippen LogP contribution in [-0.2, 0) is 25.0 Å². The number of halogens is 4. The zero-order valence-corrected chi connectivity index (χ0v) is 16.8. The van der Waals surface area contributed by atoms with Crippen molar-refractivity contribution in [3.8, 4) is 5.75 Å². The van der Waals surface area contributed by atoms with Crippen molar-refractivity contribution in [3.63, 3.8) is 0 Å². The molecule has 174 valence electrons. The third-order valence-electron chi connectivity index (χ3n) is 5.01. The molecule has 15 heteroatoms. The lowest BCUT2D eigenvalue weighted by molar-refractivity contribution is -0.243. The van der Waals surface area contributed by atoms with Gasteiger partial charge in [0.1, 0.15) is 18.2 Å². The Labute approximate surface area is 177 Å². The normalized spacial score (nSPS) is 31.3. The summed E-state index contributed by atoms with van der Waals surface area (Å²) in [6.07, 6.45) is -8.27. The second kappa shape index (κ2) is 7.81. The quantitative estimate of drug-likeness (QED) is 0.486. The number of aliphatic hydroxyl groups excluding tert-OH is 1. The highest BCUT2D eigenvalue weighted by atomic mass is 31.2. The first-order valence-corrected chi connectivity index (χ1v) is 10.5. The van der Waals surface area contributed by atoms with Crippen LogP contribution in [0.25, 0.3) is 0 Å². The number of rotatable bonds is 5. The molecule has 3 N–H and O–H groups in total. The highest BCUT2D eigenvalue weighted by Crippen LogP contribution is 2.58. The first-order chi connectivity index (χ1) is 15.0. The molecule has 1 aromatic heterocycles. The maximum atomic E-state index is 14.9. The number of aromatic nitrogens is 2. The fraction of sp³-hybridized carbons (Fsp3) is 0.412. The number of fused-ring (bicyclic) bond motifs is 1. The van der Waals surface area contributed by atoms with Gasteiger partial charge in [-0.3, -0.25) is 13.6 Å². The Morgan fingerprint density at radius 3 is 2.75 bits per heavy atom. The maximum Gasteiger partial charge on any atom is 0.530 e. The van der Waals surface area contributed by atoms with Gasteiger partial charge >= 0.3 is 19.4 Å². The molecule has 0 radical (unpaired) electrons. The topological polar surface area (TPSA) is 135 Å². The SMILES string of the molecule is Nc1ccn([C@@H]2O[C@@](COP3(=O)OCc4ccccc4O3)(C(F)F)C(F)(F)[C@H]2O)c(=O)n1. The molecule has 4 atom stereocenters. The van der Waals surface area contributed by atoms with Gasteiger partial charge < -0.3 is 20.1 Å². The van der Waals surface area contributed by atoms with Crippen LogP contribution in [0.5, 0.6) is 5.75 Å². The number of alkyl halides is 4. The van der Waals surface area contributed by atoms with Gasteiger partial charge in [0, 0.05) is 11.8 Å². The molecule has 2 aliphatic rings. The smallest absolute Gasteiger partial charge is 0.404 e. The van der Waals surface area contributed by atoms with Gasteiger partial charge in [-0.2, -0.15) is 13.8 Å². The van der Waals surface area contributed by atoms with Crippen LogP contribution in [-0.4, -0.2) is 45.3 Å². The summed E-state index contributed by atoms with van der Waals surface area (Å²) in [5.41, 5.74) is 0.776. The molecule has 2 aromatic rings. The molecule has 1 saturated heterocycles. The predicted octanol–water partition coefficient (Wildman–Crippen LogP) is 2.09. The summed E-state index contributed by atoms with van der Waals surface area (Å²) in [4.78, 5) is 15.3. The van der Waals surface area contributed by atoms with E-state index in [1.54, 1.807) is 12.1 Å². The number of nitrogens with two attached hydrogens (primary N) is 1. The van der Waals surface area contributed by atoms with Crippen LogP contribution in [0.4, 0.5) is 23.4 Å². The van der Waals surface area contributed by atoms with Gasteiger partial charge in [-0.05, 0) is 12.1 Å². The largest absolute Gasteiger partial charge is 0.530 e. The van der Waals surface area contributed by atoms with E-state index in [0.29, 0.717) is 10.1 Å². The average molecular weight is 481 g/mol. The van der Waals surface area contributed by atoms with E-state index >= 15 is 0 Å². The van der Waals surface area contributed by atoms with Crippen molar-refractivity contribution >= 4 is 13.6 Å². The monoisotopic (exact) mass is 481 g/mol. The summed E-state index contributed by atoms with van der Waals surface area (Å²) in [5, 5.41) is 10.1. The maximum absolute atomic E-state index is 14.9. The number of aliphatic hydroxyl groups is 1. The van der Waals surface area contributed by atoms with Crippen molar-refractivity contribution in [2.45, 2.75) is 36.9 Å². The van der Waals surface area contributed by atoms with E-state index in [2.05, 4.69) is 4.98 Å². The van der Waals surface area contributed by atoms with E-state index in [0.717, 1.165) is 12.3 Å². The molecule has 1 aromatic carbocycles. The first kappa shape index (κ1) is 22.7. The molecule has 1 unspecified atom stereocenters. The number of phosphoric acid groups is 1. The van der Waals surface area contributed by atoms with Gasteiger partial charge in [-0.1, -0.05) is 18.2 Å². The lowest BCUT2D eigenvalue weighted by atomic mass is 9.95. The standard InChI is InChI=1S/C17H16F4N3O7P/c18-14(19)16(8-29-32(27)28-7-9-3-1-2-4-10(9)31-32)17(20,21)12(25)13(30-16)24-6-5-11(22)23-15(24)26/h1-6,12-14,25H,7-8H2,(H2,22,23,26)/t12-,13+,16-,32?/m0/s1. The molecular weight excluding hydrogens is 465 g/mol. The first-order valence-electron chi connectivity index (χ1n) is 9.02. The van der Waals surface area contributed by atoms with Gasteiger partial charge in [0.25, 0.3) is 6.43 Å². The van der Waals surface area contributed by atoms with Crippen LogP contribution in [0.2, 0.25) is 0 Å². The molecule has 0 aliphatic carbocycles. The Hall–Kier alpha value is -2.51. The number of anilines is 1. The van der Waals surface area contributed by atoms with E-state index in [1.165, 1.54) is 12.1 Å². The molecule has 0 spiro atoms. The lowest BCUT2D eigenvalue weighted by Crippen LogP contribution is -2.57. The molecule has 10 nitrogen and oxygen atoms in total. The number of ether oxygens (including phenoxy) is 1. The highest BCUT2D eigenvalue weighted by molar-refractivity contribution is 7.49. The summed E-state index contributed by atoms with van der Waals surface area (Å²) in [6.45, 7) is -1.98. The molecule has 3 heterocycles. The summed E-state index contributed by atoms with van der Waals surface area (Å²) in [7, 11) is -4.59. The average Bonchev–Trinajstić information content (AvgIpc) is 2.93. The van der Waals surface area contributed by atoms with Crippen molar-refractivity contribution in [1.29, 1.82) is 0 Å². The molecule has 0 bridgehead atoms. The molecule has 32 heavy (non-hydrogen) atoms. The van der Waals surface area contributed by atoms with E-state index < -0.39 is 50.4 Å². The minimum atomic E-state index is -4.65. The van der Waals surface area contributed by atoms with Crippen LogP contribution in [0.1, 0.15) is 11.8 Å². The summed E-state index contributed by atoms with van der Waals surface area (Å²) >= 11 is 0. The summed E-state index contributed by atoms with van der Waals surface area (Å²) < 4.78 is 90.4. The molecule has 2 aliphatic heterocycles. The number of nitrogens with zero attached hydrogens (tertiary/aromatic N) is 2. The fourth-order valence-corrected chi connectivity index (χ4v) is 4.50. The third kappa shape index (κ3) is 3.57.